The molecule has 1 atom stereocenters. The Morgan fingerprint density at radius 3 is 2.52 bits per heavy atom. The monoisotopic (exact) mass is 360 g/mol. The molecule has 1 aromatic carbocycles. The minimum absolute atomic E-state index is 0.0957. The van der Waals surface area contributed by atoms with Gasteiger partial charge >= 0.3 is 0 Å². The summed E-state index contributed by atoms with van der Waals surface area (Å²) in [5.74, 6) is 1.39. The average Bonchev–Trinajstić information content (AvgIpc) is 3.52. The predicted octanol–water partition coefficient (Wildman–Crippen LogP) is 2.09. The Morgan fingerprint density at radius 1 is 1.16 bits per heavy atom. The first-order chi connectivity index (χ1) is 12.0. The van der Waals surface area contributed by atoms with Gasteiger partial charge in [-0.15, -0.1) is 0 Å². The topological polar surface area (TPSA) is 111 Å². The molecule has 2 aliphatic rings. The van der Waals surface area contributed by atoms with Crippen molar-refractivity contribution in [2.24, 2.45) is 11.7 Å². The van der Waals surface area contributed by atoms with Crippen LogP contribution in [-0.4, -0.2) is 24.6 Å². The van der Waals surface area contributed by atoms with Crippen LogP contribution in [0.5, 0.6) is 0 Å². The van der Waals surface area contributed by atoms with Crippen molar-refractivity contribution in [3.8, 4) is 0 Å². The summed E-state index contributed by atoms with van der Waals surface area (Å²) in [7, 11) is -3.42. The Bertz CT molecular complexity index is 881. The highest BCUT2D eigenvalue weighted by atomic mass is 32.2. The molecule has 2 fully saturated rings. The smallest absolute Gasteiger partial charge is 0.250 e. The maximum absolute atomic E-state index is 12.1. The number of nitrogens with zero attached hydrogens (tertiary/aromatic N) is 2. The van der Waals surface area contributed by atoms with E-state index in [0.29, 0.717) is 17.6 Å². The highest BCUT2D eigenvalue weighted by molar-refractivity contribution is 7.89. The number of rotatable bonds is 7. The summed E-state index contributed by atoms with van der Waals surface area (Å²) in [4.78, 5) is 4.56. The van der Waals surface area contributed by atoms with E-state index in [9.17, 15) is 8.42 Å². The van der Waals surface area contributed by atoms with Gasteiger partial charge < -0.3 is 10.3 Å². The number of hydrogen-bond acceptors (Lipinski definition) is 6. The van der Waals surface area contributed by atoms with Crippen LogP contribution < -0.4 is 10.5 Å². The van der Waals surface area contributed by atoms with Gasteiger partial charge in [0, 0.05) is 12.1 Å². The second-order valence-electron chi connectivity index (χ2n) is 6.65. The van der Waals surface area contributed by atoms with Crippen molar-refractivity contribution in [1.29, 1.82) is 0 Å². The zero-order valence-electron chi connectivity index (χ0n) is 13.6. The molecule has 2 saturated carbocycles. The van der Waals surface area contributed by atoms with Crippen LogP contribution in [0.2, 0.25) is 0 Å². The van der Waals surface area contributed by atoms with Gasteiger partial charge in [0.1, 0.15) is 0 Å². The number of nitrogens with two attached hydrogens (primary N) is 1. The van der Waals surface area contributed by atoms with Gasteiger partial charge in [-0.25, -0.2) is 13.1 Å². The number of hydrogen-bond donors (Lipinski definition) is 2. The van der Waals surface area contributed by atoms with Crippen molar-refractivity contribution in [1.82, 2.24) is 14.9 Å². The van der Waals surface area contributed by atoms with Crippen molar-refractivity contribution >= 4 is 22.2 Å². The second-order valence-corrected chi connectivity index (χ2v) is 8.37. The molecule has 0 radical (unpaired) electrons. The molecule has 0 saturated heterocycles. The van der Waals surface area contributed by atoms with Crippen LogP contribution in [0.25, 0.3) is 12.2 Å². The van der Waals surface area contributed by atoms with Gasteiger partial charge in [0.05, 0.1) is 10.9 Å². The number of nitrogens with one attached hydrogen (secondary N) is 1. The maximum Gasteiger partial charge on any atom is 0.250 e. The summed E-state index contributed by atoms with van der Waals surface area (Å²) in [6, 6.07) is 6.60. The lowest BCUT2D eigenvalue weighted by Gasteiger charge is -2.05. The number of sulfonamides is 1. The molecule has 0 amide bonds. The lowest BCUT2D eigenvalue weighted by atomic mass is 10.2. The molecule has 8 heteroatoms. The minimum atomic E-state index is -3.42. The van der Waals surface area contributed by atoms with Gasteiger partial charge in [-0.05, 0) is 55.4 Å². The quantitative estimate of drug-likeness (QED) is 0.782. The zero-order valence-corrected chi connectivity index (χ0v) is 14.4. The van der Waals surface area contributed by atoms with Gasteiger partial charge in [0.15, 0.2) is 5.82 Å². The Labute approximate surface area is 146 Å². The van der Waals surface area contributed by atoms with Gasteiger partial charge in [0.2, 0.25) is 10.0 Å². The fraction of sp³-hybridized carbons (Fsp3) is 0.412. The third kappa shape index (κ3) is 3.97. The molecular weight excluding hydrogens is 340 g/mol. The van der Waals surface area contributed by atoms with Gasteiger partial charge in [0.25, 0.3) is 5.89 Å². The van der Waals surface area contributed by atoms with E-state index in [0.717, 1.165) is 31.2 Å². The summed E-state index contributed by atoms with van der Waals surface area (Å²) in [6.45, 7) is 0. The Morgan fingerprint density at radius 2 is 1.88 bits per heavy atom. The average molecular weight is 360 g/mol. The van der Waals surface area contributed by atoms with Crippen LogP contribution >= 0.6 is 0 Å². The summed E-state index contributed by atoms with van der Waals surface area (Å²) in [5, 5.41) is 3.92. The third-order valence-electron chi connectivity index (χ3n) is 4.39. The molecule has 2 aliphatic carbocycles. The zero-order chi connectivity index (χ0) is 17.4. The van der Waals surface area contributed by atoms with Crippen LogP contribution in [-0.2, 0) is 10.0 Å². The first-order valence-corrected chi connectivity index (χ1v) is 9.89. The van der Waals surface area contributed by atoms with Crippen molar-refractivity contribution in [2.75, 3.05) is 0 Å². The largest absolute Gasteiger partial charge is 0.335 e. The van der Waals surface area contributed by atoms with E-state index >= 15 is 0 Å². The SMILES string of the molecule is NC(c1noc(/C=C/c2ccc(S(=O)(=O)NC3CC3)cc2)n1)C1CC1. The molecule has 0 spiro atoms. The summed E-state index contributed by atoms with van der Waals surface area (Å²) < 4.78 is 32.1. The first kappa shape index (κ1) is 16.4. The molecular formula is C17H20N4O3S. The second kappa shape index (κ2) is 6.36. The van der Waals surface area contributed by atoms with E-state index in [1.165, 1.54) is 0 Å². The van der Waals surface area contributed by atoms with Crippen molar-refractivity contribution in [2.45, 2.75) is 42.7 Å². The molecule has 4 rings (SSSR count). The molecule has 1 unspecified atom stereocenters. The van der Waals surface area contributed by atoms with E-state index in [-0.39, 0.29) is 17.0 Å². The molecule has 0 bridgehead atoms. The summed E-state index contributed by atoms with van der Waals surface area (Å²) in [6.07, 6.45) is 7.55. The Kier molecular flexibility index (Phi) is 4.18. The van der Waals surface area contributed by atoms with Crippen molar-refractivity contribution in [3.63, 3.8) is 0 Å². The Balaban J connectivity index is 1.43. The van der Waals surface area contributed by atoms with Crippen LogP contribution in [0.3, 0.4) is 0 Å². The van der Waals surface area contributed by atoms with Gasteiger partial charge in [-0.1, -0.05) is 17.3 Å². The van der Waals surface area contributed by atoms with Crippen LogP contribution in [0.15, 0.2) is 33.7 Å². The van der Waals surface area contributed by atoms with Crippen LogP contribution in [0.1, 0.15) is 49.0 Å². The normalized spacial score (nSPS) is 19.4. The first-order valence-electron chi connectivity index (χ1n) is 8.41. The van der Waals surface area contributed by atoms with Crippen LogP contribution in [0, 0.1) is 5.92 Å². The molecule has 1 heterocycles. The molecule has 25 heavy (non-hydrogen) atoms. The van der Waals surface area contributed by atoms with Crippen LogP contribution in [0.4, 0.5) is 0 Å². The highest BCUT2D eigenvalue weighted by Crippen LogP contribution is 2.38. The lowest BCUT2D eigenvalue weighted by molar-refractivity contribution is 0.394. The highest BCUT2D eigenvalue weighted by Gasteiger charge is 2.32. The van der Waals surface area contributed by atoms with Gasteiger partial charge in [-0.2, -0.15) is 4.98 Å². The minimum Gasteiger partial charge on any atom is -0.335 e. The standard InChI is InChI=1S/C17H20N4O3S/c18-16(12-4-5-12)17-19-15(24-20-17)10-3-11-1-8-14(9-2-11)25(22,23)21-13-6-7-13/h1-3,8-10,12-13,16,21H,4-7,18H2/b10-3+. The number of aromatic nitrogens is 2. The van der Waals surface area contributed by atoms with Gasteiger partial charge in [-0.3, -0.25) is 0 Å². The van der Waals surface area contributed by atoms with E-state index in [1.807, 2.05) is 0 Å². The van der Waals surface area contributed by atoms with Crippen molar-refractivity contribution < 1.29 is 12.9 Å². The molecule has 0 aliphatic heterocycles. The lowest BCUT2D eigenvalue weighted by Crippen LogP contribution is -2.25. The summed E-state index contributed by atoms with van der Waals surface area (Å²) >= 11 is 0. The van der Waals surface area contributed by atoms with E-state index in [2.05, 4.69) is 14.9 Å². The molecule has 132 valence electrons. The third-order valence-corrected chi connectivity index (χ3v) is 5.93. The fourth-order valence-electron chi connectivity index (χ4n) is 2.53. The maximum atomic E-state index is 12.1. The molecule has 1 aromatic heterocycles. The molecule has 2 aromatic rings. The van der Waals surface area contributed by atoms with Crippen molar-refractivity contribution in [3.05, 3.63) is 41.5 Å². The fourth-order valence-corrected chi connectivity index (χ4v) is 3.84. The van der Waals surface area contributed by atoms with E-state index in [1.54, 1.807) is 36.4 Å². The summed E-state index contributed by atoms with van der Waals surface area (Å²) in [5.41, 5.74) is 6.89. The molecule has 3 N–H and O–H groups in total. The van der Waals surface area contributed by atoms with E-state index in [4.69, 9.17) is 10.3 Å². The molecule has 7 nitrogen and oxygen atoms in total. The number of benzene rings is 1. The van der Waals surface area contributed by atoms with E-state index < -0.39 is 10.0 Å². The Hall–Kier alpha value is -2.03. The predicted molar refractivity (Wildman–Crippen MR) is 92.7 cm³/mol.